The minimum Gasteiger partial charge on any atom is -0.420 e. The second-order valence-corrected chi connectivity index (χ2v) is 8.13. The van der Waals surface area contributed by atoms with E-state index in [1.54, 1.807) is 6.20 Å². The van der Waals surface area contributed by atoms with Crippen LogP contribution in [0.5, 0.6) is 0 Å². The molecule has 0 unspecified atom stereocenters. The van der Waals surface area contributed by atoms with Gasteiger partial charge < -0.3 is 14.2 Å². The number of benzene rings is 1. The second kappa shape index (κ2) is 7.89. The lowest BCUT2D eigenvalue weighted by Crippen LogP contribution is -2.49. The zero-order chi connectivity index (χ0) is 20.5. The molecule has 7 nitrogen and oxygen atoms in total. The number of pyridine rings is 1. The summed E-state index contributed by atoms with van der Waals surface area (Å²) in [6.45, 7) is 4.87. The summed E-state index contributed by atoms with van der Waals surface area (Å²) < 4.78 is 5.91. The molecule has 0 radical (unpaired) electrons. The first-order valence-corrected chi connectivity index (χ1v) is 10.5. The number of piperazine rings is 1. The van der Waals surface area contributed by atoms with E-state index in [2.05, 4.69) is 26.1 Å². The molecule has 0 spiro atoms. The van der Waals surface area contributed by atoms with Crippen molar-refractivity contribution >= 4 is 11.7 Å². The fraction of sp³-hybridized carbons (Fsp3) is 0.391. The van der Waals surface area contributed by atoms with Gasteiger partial charge in [-0.05, 0) is 37.5 Å². The molecule has 1 aromatic carbocycles. The van der Waals surface area contributed by atoms with Gasteiger partial charge in [0.05, 0.1) is 12.0 Å². The zero-order valence-corrected chi connectivity index (χ0v) is 17.1. The van der Waals surface area contributed by atoms with Crippen molar-refractivity contribution in [2.24, 2.45) is 0 Å². The van der Waals surface area contributed by atoms with Gasteiger partial charge in [0, 0.05) is 38.3 Å². The van der Waals surface area contributed by atoms with Gasteiger partial charge in [-0.25, -0.2) is 4.98 Å². The molecule has 3 heterocycles. The summed E-state index contributed by atoms with van der Waals surface area (Å²) in [5, 5.41) is 8.46. The van der Waals surface area contributed by atoms with Gasteiger partial charge in [-0.15, -0.1) is 10.2 Å². The molecule has 1 saturated heterocycles. The lowest BCUT2D eigenvalue weighted by molar-refractivity contribution is -0.130. The molecule has 3 aromatic rings. The summed E-state index contributed by atoms with van der Waals surface area (Å²) in [4.78, 5) is 21.5. The van der Waals surface area contributed by atoms with E-state index in [1.165, 1.54) is 5.56 Å². The van der Waals surface area contributed by atoms with Crippen molar-refractivity contribution in [2.75, 3.05) is 31.1 Å². The van der Waals surface area contributed by atoms with Crippen LogP contribution in [0.4, 0.5) is 5.82 Å². The summed E-state index contributed by atoms with van der Waals surface area (Å²) >= 11 is 0. The van der Waals surface area contributed by atoms with Crippen LogP contribution < -0.4 is 4.90 Å². The van der Waals surface area contributed by atoms with Crippen LogP contribution in [0, 0.1) is 6.92 Å². The average Bonchev–Trinajstić information content (AvgIpc) is 3.50. The molecule has 1 saturated carbocycles. The SMILES string of the molecule is Cc1cccc(CC(=O)N2CCN(c3ncccc3-c3nnc(C4CC4)o3)CC2)c1. The highest BCUT2D eigenvalue weighted by Gasteiger charge is 2.30. The number of rotatable bonds is 5. The molecule has 1 aliphatic heterocycles. The van der Waals surface area contributed by atoms with Crippen molar-refractivity contribution in [3.8, 4) is 11.5 Å². The Kier molecular flexibility index (Phi) is 4.94. The van der Waals surface area contributed by atoms with Crippen molar-refractivity contribution in [1.82, 2.24) is 20.1 Å². The number of nitrogens with zero attached hydrogens (tertiary/aromatic N) is 5. The quantitative estimate of drug-likeness (QED) is 0.651. The van der Waals surface area contributed by atoms with Gasteiger partial charge >= 0.3 is 0 Å². The molecular formula is C23H25N5O2. The van der Waals surface area contributed by atoms with Gasteiger partial charge in [0.25, 0.3) is 5.89 Å². The van der Waals surface area contributed by atoms with E-state index < -0.39 is 0 Å². The minimum atomic E-state index is 0.174. The summed E-state index contributed by atoms with van der Waals surface area (Å²) in [5.74, 6) is 2.69. The number of carbonyl (C=O) groups is 1. The van der Waals surface area contributed by atoms with E-state index in [1.807, 2.05) is 42.2 Å². The van der Waals surface area contributed by atoms with Crippen LogP contribution >= 0.6 is 0 Å². The van der Waals surface area contributed by atoms with Crippen LogP contribution in [0.2, 0.25) is 0 Å². The molecule has 0 N–H and O–H groups in total. The first-order valence-electron chi connectivity index (χ1n) is 10.5. The largest absolute Gasteiger partial charge is 0.420 e. The average molecular weight is 403 g/mol. The Hall–Kier alpha value is -3.22. The fourth-order valence-corrected chi connectivity index (χ4v) is 3.93. The van der Waals surface area contributed by atoms with Crippen LogP contribution in [0.1, 0.15) is 35.8 Å². The molecule has 154 valence electrons. The van der Waals surface area contributed by atoms with Crippen LogP contribution in [0.3, 0.4) is 0 Å². The number of amides is 1. The second-order valence-electron chi connectivity index (χ2n) is 8.13. The van der Waals surface area contributed by atoms with Crippen molar-refractivity contribution in [1.29, 1.82) is 0 Å². The highest BCUT2D eigenvalue weighted by Crippen LogP contribution is 2.40. The third kappa shape index (κ3) is 3.92. The van der Waals surface area contributed by atoms with Gasteiger partial charge in [-0.1, -0.05) is 29.8 Å². The van der Waals surface area contributed by atoms with Gasteiger partial charge in [-0.3, -0.25) is 4.79 Å². The van der Waals surface area contributed by atoms with Gasteiger partial charge in [0.2, 0.25) is 11.8 Å². The predicted molar refractivity (Wildman–Crippen MR) is 113 cm³/mol. The molecule has 1 aliphatic carbocycles. The molecule has 5 rings (SSSR count). The third-order valence-electron chi connectivity index (χ3n) is 5.75. The monoisotopic (exact) mass is 403 g/mol. The molecular weight excluding hydrogens is 378 g/mol. The first-order chi connectivity index (χ1) is 14.7. The minimum absolute atomic E-state index is 0.174. The van der Waals surface area contributed by atoms with Gasteiger partial charge in [0.15, 0.2) is 0 Å². The Morgan fingerprint density at radius 3 is 2.70 bits per heavy atom. The smallest absolute Gasteiger partial charge is 0.251 e. The Morgan fingerprint density at radius 2 is 1.93 bits per heavy atom. The zero-order valence-electron chi connectivity index (χ0n) is 17.1. The highest BCUT2D eigenvalue weighted by atomic mass is 16.4. The van der Waals surface area contributed by atoms with Crippen LogP contribution in [0.25, 0.3) is 11.5 Å². The van der Waals surface area contributed by atoms with Gasteiger partial charge in [-0.2, -0.15) is 0 Å². The van der Waals surface area contributed by atoms with E-state index in [0.717, 1.165) is 48.8 Å². The summed E-state index contributed by atoms with van der Waals surface area (Å²) in [6.07, 6.45) is 4.48. The number of hydrogen-bond donors (Lipinski definition) is 0. The molecule has 2 aromatic heterocycles. The number of hydrogen-bond acceptors (Lipinski definition) is 6. The maximum atomic E-state index is 12.7. The number of aromatic nitrogens is 3. The Morgan fingerprint density at radius 1 is 1.10 bits per heavy atom. The Bertz CT molecular complexity index is 1050. The Labute approximate surface area is 175 Å². The molecule has 2 fully saturated rings. The molecule has 2 aliphatic rings. The Balaban J connectivity index is 1.26. The molecule has 0 atom stereocenters. The lowest BCUT2D eigenvalue weighted by atomic mass is 10.1. The predicted octanol–water partition coefficient (Wildman–Crippen LogP) is 3.21. The normalized spacial score (nSPS) is 16.7. The summed E-state index contributed by atoms with van der Waals surface area (Å²) in [5.41, 5.74) is 3.10. The summed E-state index contributed by atoms with van der Waals surface area (Å²) in [6, 6.07) is 12.0. The molecule has 0 bridgehead atoms. The maximum Gasteiger partial charge on any atom is 0.251 e. The lowest BCUT2D eigenvalue weighted by Gasteiger charge is -2.36. The van der Waals surface area contributed by atoms with E-state index in [4.69, 9.17) is 4.42 Å². The third-order valence-corrected chi connectivity index (χ3v) is 5.75. The maximum absolute atomic E-state index is 12.7. The fourth-order valence-electron chi connectivity index (χ4n) is 3.93. The van der Waals surface area contributed by atoms with Crippen LogP contribution in [-0.4, -0.2) is 52.2 Å². The van der Waals surface area contributed by atoms with Crippen molar-refractivity contribution in [2.45, 2.75) is 32.1 Å². The first kappa shape index (κ1) is 18.8. The topological polar surface area (TPSA) is 75.4 Å². The van der Waals surface area contributed by atoms with E-state index in [0.29, 0.717) is 31.3 Å². The number of aryl methyl sites for hydroxylation is 1. The molecule has 7 heteroatoms. The molecule has 30 heavy (non-hydrogen) atoms. The standard InChI is InChI=1S/C23H25N5O2/c1-16-4-2-5-17(14-16)15-20(29)27-10-12-28(13-11-27)21-19(6-3-9-24-21)23-26-25-22(30-23)18-7-8-18/h2-6,9,14,18H,7-8,10-13,15H2,1H3. The van der Waals surface area contributed by atoms with Crippen molar-refractivity contribution < 1.29 is 9.21 Å². The van der Waals surface area contributed by atoms with E-state index in [9.17, 15) is 4.79 Å². The number of carbonyl (C=O) groups excluding carboxylic acids is 1. The van der Waals surface area contributed by atoms with Crippen LogP contribution in [0.15, 0.2) is 47.0 Å². The molecule has 1 amide bonds. The van der Waals surface area contributed by atoms with Crippen molar-refractivity contribution in [3.05, 3.63) is 59.6 Å². The summed E-state index contributed by atoms with van der Waals surface area (Å²) in [7, 11) is 0. The van der Waals surface area contributed by atoms with E-state index >= 15 is 0 Å². The van der Waals surface area contributed by atoms with Crippen LogP contribution in [-0.2, 0) is 11.2 Å². The van der Waals surface area contributed by atoms with Gasteiger partial charge in [0.1, 0.15) is 5.82 Å². The van der Waals surface area contributed by atoms with E-state index in [-0.39, 0.29) is 5.91 Å². The number of anilines is 1. The van der Waals surface area contributed by atoms with Crippen molar-refractivity contribution in [3.63, 3.8) is 0 Å². The highest BCUT2D eigenvalue weighted by molar-refractivity contribution is 5.79.